The van der Waals surface area contributed by atoms with Crippen molar-refractivity contribution >= 4 is 11.8 Å². The van der Waals surface area contributed by atoms with E-state index >= 15 is 0 Å². The Labute approximate surface area is 97.8 Å². The molecule has 1 heterocycles. The monoisotopic (exact) mass is 228 g/mol. The van der Waals surface area contributed by atoms with Gasteiger partial charge in [-0.2, -0.15) is 11.8 Å². The molecule has 0 amide bonds. The van der Waals surface area contributed by atoms with Crippen LogP contribution >= 0.6 is 11.8 Å². The Bertz CT molecular complexity index is 222. The van der Waals surface area contributed by atoms with Crippen molar-refractivity contribution in [3.8, 4) is 0 Å². The summed E-state index contributed by atoms with van der Waals surface area (Å²) >= 11 is 2.08. The molecule has 1 saturated carbocycles. The van der Waals surface area contributed by atoms with Crippen LogP contribution in [0.4, 0.5) is 0 Å². The molecule has 2 aliphatic rings. The van der Waals surface area contributed by atoms with Gasteiger partial charge >= 0.3 is 0 Å². The van der Waals surface area contributed by atoms with Crippen molar-refractivity contribution in [3.05, 3.63) is 0 Å². The predicted molar refractivity (Wildman–Crippen MR) is 68.2 cm³/mol. The normalized spacial score (nSPS) is 45.4. The van der Waals surface area contributed by atoms with Crippen LogP contribution in [0.5, 0.6) is 0 Å². The van der Waals surface area contributed by atoms with Crippen molar-refractivity contribution in [2.45, 2.75) is 43.9 Å². The minimum absolute atomic E-state index is 0.227. The smallest absolute Gasteiger partial charge is 0.0421 e. The van der Waals surface area contributed by atoms with E-state index in [-0.39, 0.29) is 5.54 Å². The molecule has 2 nitrogen and oxygen atoms in total. The second kappa shape index (κ2) is 4.64. The second-order valence-corrected chi connectivity index (χ2v) is 6.78. The third-order valence-corrected chi connectivity index (χ3v) is 5.75. The maximum atomic E-state index is 5.99. The Morgan fingerprint density at radius 1 is 1.47 bits per heavy atom. The van der Waals surface area contributed by atoms with Crippen molar-refractivity contribution in [2.24, 2.45) is 17.6 Å². The van der Waals surface area contributed by atoms with E-state index in [1.165, 1.54) is 31.6 Å². The van der Waals surface area contributed by atoms with Gasteiger partial charge in [0.15, 0.2) is 0 Å². The molecule has 0 spiro atoms. The SMILES string of the molecule is CC1CC1CNC1(CN)CCCSC1C. The maximum Gasteiger partial charge on any atom is 0.0421 e. The standard InChI is InChI=1S/C12H24N2S/c1-9-6-11(9)7-14-12(8-13)4-3-5-15-10(12)2/h9-11,14H,3-8,13H2,1-2H3. The zero-order valence-electron chi connectivity index (χ0n) is 9.96. The van der Waals surface area contributed by atoms with E-state index < -0.39 is 0 Å². The quantitative estimate of drug-likeness (QED) is 0.771. The number of nitrogens with one attached hydrogen (secondary N) is 1. The zero-order chi connectivity index (χ0) is 10.9. The Morgan fingerprint density at radius 2 is 2.20 bits per heavy atom. The van der Waals surface area contributed by atoms with Gasteiger partial charge in [0.2, 0.25) is 0 Å². The first-order chi connectivity index (χ1) is 7.18. The minimum Gasteiger partial charge on any atom is -0.329 e. The fourth-order valence-corrected chi connectivity index (χ4v) is 3.88. The van der Waals surface area contributed by atoms with Gasteiger partial charge in [-0.1, -0.05) is 13.8 Å². The molecule has 1 saturated heterocycles. The molecule has 2 rings (SSSR count). The van der Waals surface area contributed by atoms with Crippen molar-refractivity contribution in [3.63, 3.8) is 0 Å². The van der Waals surface area contributed by atoms with Crippen LogP contribution < -0.4 is 11.1 Å². The van der Waals surface area contributed by atoms with E-state index in [0.29, 0.717) is 5.25 Å². The van der Waals surface area contributed by atoms with Crippen LogP contribution in [-0.2, 0) is 0 Å². The minimum atomic E-state index is 0.227. The molecular weight excluding hydrogens is 204 g/mol. The van der Waals surface area contributed by atoms with E-state index in [0.717, 1.165) is 18.4 Å². The molecule has 4 unspecified atom stereocenters. The zero-order valence-corrected chi connectivity index (χ0v) is 10.8. The summed E-state index contributed by atoms with van der Waals surface area (Å²) in [6, 6.07) is 0. The lowest BCUT2D eigenvalue weighted by atomic mass is 9.89. The lowest BCUT2D eigenvalue weighted by Gasteiger charge is -2.42. The van der Waals surface area contributed by atoms with Gasteiger partial charge in [-0.15, -0.1) is 0 Å². The van der Waals surface area contributed by atoms with Gasteiger partial charge in [0.25, 0.3) is 0 Å². The molecule has 0 bridgehead atoms. The Balaban J connectivity index is 1.88. The number of hydrogen-bond donors (Lipinski definition) is 2. The van der Waals surface area contributed by atoms with Crippen LogP contribution in [-0.4, -0.2) is 29.6 Å². The van der Waals surface area contributed by atoms with Crippen molar-refractivity contribution in [2.75, 3.05) is 18.8 Å². The van der Waals surface area contributed by atoms with Crippen LogP contribution in [0.15, 0.2) is 0 Å². The molecule has 15 heavy (non-hydrogen) atoms. The summed E-state index contributed by atoms with van der Waals surface area (Å²) in [5.74, 6) is 3.18. The highest BCUT2D eigenvalue weighted by molar-refractivity contribution is 8.00. The molecule has 3 N–H and O–H groups in total. The highest BCUT2D eigenvalue weighted by Crippen LogP contribution is 2.39. The predicted octanol–water partition coefficient (Wildman–Crippen LogP) is 1.84. The van der Waals surface area contributed by atoms with Crippen LogP contribution in [0.3, 0.4) is 0 Å². The molecule has 4 atom stereocenters. The molecule has 2 fully saturated rings. The van der Waals surface area contributed by atoms with Crippen molar-refractivity contribution < 1.29 is 0 Å². The van der Waals surface area contributed by atoms with Crippen LogP contribution in [0, 0.1) is 11.8 Å². The average Bonchev–Trinajstić information content (AvgIpc) is 2.94. The highest BCUT2D eigenvalue weighted by atomic mass is 32.2. The lowest BCUT2D eigenvalue weighted by molar-refractivity contribution is 0.292. The van der Waals surface area contributed by atoms with Gasteiger partial charge in [-0.25, -0.2) is 0 Å². The van der Waals surface area contributed by atoms with Gasteiger partial charge in [0, 0.05) is 17.3 Å². The highest BCUT2D eigenvalue weighted by Gasteiger charge is 2.40. The number of hydrogen-bond acceptors (Lipinski definition) is 3. The number of nitrogens with two attached hydrogens (primary N) is 1. The first-order valence-corrected chi connectivity index (χ1v) is 7.29. The summed E-state index contributed by atoms with van der Waals surface area (Å²) in [7, 11) is 0. The lowest BCUT2D eigenvalue weighted by Crippen LogP contribution is -2.59. The first-order valence-electron chi connectivity index (χ1n) is 6.24. The molecule has 1 aliphatic carbocycles. The topological polar surface area (TPSA) is 38.0 Å². The molecule has 0 aromatic carbocycles. The van der Waals surface area contributed by atoms with Gasteiger partial charge < -0.3 is 11.1 Å². The Hall–Kier alpha value is 0.270. The van der Waals surface area contributed by atoms with E-state index in [1.807, 2.05) is 0 Å². The third-order valence-electron chi connectivity index (χ3n) is 4.27. The molecule has 0 aromatic rings. The van der Waals surface area contributed by atoms with Crippen LogP contribution in [0.1, 0.15) is 33.1 Å². The molecule has 88 valence electrons. The number of rotatable bonds is 4. The largest absolute Gasteiger partial charge is 0.329 e. The molecule has 1 aliphatic heterocycles. The van der Waals surface area contributed by atoms with Crippen molar-refractivity contribution in [1.82, 2.24) is 5.32 Å². The van der Waals surface area contributed by atoms with E-state index in [1.54, 1.807) is 0 Å². The summed E-state index contributed by atoms with van der Waals surface area (Å²) in [6.07, 6.45) is 3.99. The molecule has 0 aromatic heterocycles. The fourth-order valence-electron chi connectivity index (χ4n) is 2.60. The third kappa shape index (κ3) is 2.51. The summed E-state index contributed by atoms with van der Waals surface area (Å²) in [6.45, 7) is 6.66. The molecule has 0 radical (unpaired) electrons. The Morgan fingerprint density at radius 3 is 2.73 bits per heavy atom. The van der Waals surface area contributed by atoms with E-state index in [9.17, 15) is 0 Å². The van der Waals surface area contributed by atoms with Gasteiger partial charge in [0.1, 0.15) is 0 Å². The summed E-state index contributed by atoms with van der Waals surface area (Å²) in [4.78, 5) is 0. The Kier molecular flexibility index (Phi) is 3.63. The molecular formula is C12H24N2S. The second-order valence-electron chi connectivity index (χ2n) is 5.33. The van der Waals surface area contributed by atoms with E-state index in [4.69, 9.17) is 5.73 Å². The maximum absolute atomic E-state index is 5.99. The van der Waals surface area contributed by atoms with Gasteiger partial charge in [-0.05, 0) is 43.4 Å². The summed E-state index contributed by atoms with van der Waals surface area (Å²) in [5, 5.41) is 4.45. The fraction of sp³-hybridized carbons (Fsp3) is 1.00. The first kappa shape index (κ1) is 11.7. The summed E-state index contributed by atoms with van der Waals surface area (Å²) < 4.78 is 0. The molecule has 3 heteroatoms. The van der Waals surface area contributed by atoms with Gasteiger partial charge in [0.05, 0.1) is 0 Å². The number of thioether (sulfide) groups is 1. The van der Waals surface area contributed by atoms with Gasteiger partial charge in [-0.3, -0.25) is 0 Å². The summed E-state index contributed by atoms with van der Waals surface area (Å²) in [5.41, 5.74) is 6.22. The van der Waals surface area contributed by atoms with E-state index in [2.05, 4.69) is 30.9 Å². The van der Waals surface area contributed by atoms with Crippen LogP contribution in [0.25, 0.3) is 0 Å². The van der Waals surface area contributed by atoms with Crippen molar-refractivity contribution in [1.29, 1.82) is 0 Å². The average molecular weight is 228 g/mol. The van der Waals surface area contributed by atoms with Crippen LogP contribution in [0.2, 0.25) is 0 Å².